The fourth-order valence-corrected chi connectivity index (χ4v) is 4.48. The second-order valence-corrected chi connectivity index (χ2v) is 8.60. The summed E-state index contributed by atoms with van der Waals surface area (Å²) in [5.74, 6) is -0.0299. The molecule has 1 N–H and O–H groups in total. The van der Waals surface area contributed by atoms with Gasteiger partial charge in [-0.05, 0) is 55.5 Å². The fourth-order valence-electron chi connectivity index (χ4n) is 4.48. The van der Waals surface area contributed by atoms with Crippen molar-refractivity contribution in [3.8, 4) is 11.1 Å². The van der Waals surface area contributed by atoms with Crippen LogP contribution in [-0.2, 0) is 11.2 Å². The average molecular weight is 428 g/mol. The largest absolute Gasteiger partial charge is 0.356 e. The molecule has 164 valence electrons. The number of pyridine rings is 1. The number of nitrogens with zero attached hydrogens (tertiary/aromatic N) is 2. The lowest BCUT2D eigenvalue weighted by Crippen LogP contribution is -2.45. The van der Waals surface area contributed by atoms with Gasteiger partial charge >= 0.3 is 0 Å². The highest BCUT2D eigenvalue weighted by Gasteiger charge is 2.45. The molecule has 3 aromatic rings. The lowest BCUT2D eigenvalue weighted by atomic mass is 9.79. The number of aryl methyl sites for hydroxylation is 1. The number of benzene rings is 2. The van der Waals surface area contributed by atoms with Crippen molar-refractivity contribution < 1.29 is 9.59 Å². The first-order valence-electron chi connectivity index (χ1n) is 11.1. The highest BCUT2D eigenvalue weighted by Crippen LogP contribution is 2.36. The van der Waals surface area contributed by atoms with Crippen molar-refractivity contribution in [1.29, 1.82) is 0 Å². The maximum absolute atomic E-state index is 13.2. The van der Waals surface area contributed by atoms with Gasteiger partial charge in [0, 0.05) is 37.6 Å². The van der Waals surface area contributed by atoms with Gasteiger partial charge in [0.15, 0.2) is 0 Å². The van der Waals surface area contributed by atoms with E-state index >= 15 is 0 Å². The number of carbonyl (C=O) groups is 2. The third-order valence-electron chi connectivity index (χ3n) is 6.24. The van der Waals surface area contributed by atoms with Crippen molar-refractivity contribution >= 4 is 11.8 Å². The van der Waals surface area contributed by atoms with Gasteiger partial charge in [-0.2, -0.15) is 0 Å². The van der Waals surface area contributed by atoms with Crippen LogP contribution in [-0.4, -0.2) is 41.3 Å². The predicted molar refractivity (Wildman–Crippen MR) is 126 cm³/mol. The summed E-state index contributed by atoms with van der Waals surface area (Å²) in [5.41, 5.74) is 4.59. The van der Waals surface area contributed by atoms with Crippen LogP contribution >= 0.6 is 0 Å². The summed E-state index contributed by atoms with van der Waals surface area (Å²) in [6.45, 7) is 5.56. The van der Waals surface area contributed by atoms with Gasteiger partial charge in [-0.15, -0.1) is 0 Å². The van der Waals surface area contributed by atoms with Crippen LogP contribution in [0.1, 0.15) is 34.8 Å². The summed E-state index contributed by atoms with van der Waals surface area (Å²) in [6, 6.07) is 20.3. The number of amides is 2. The molecule has 1 aliphatic heterocycles. The zero-order chi connectivity index (χ0) is 22.6. The van der Waals surface area contributed by atoms with Crippen LogP contribution in [0.25, 0.3) is 11.1 Å². The van der Waals surface area contributed by atoms with E-state index in [0.717, 1.165) is 16.7 Å². The lowest BCUT2D eigenvalue weighted by molar-refractivity contribution is -0.130. The maximum Gasteiger partial charge on any atom is 0.253 e. The molecule has 2 heterocycles. The predicted octanol–water partition coefficient (Wildman–Crippen LogP) is 4.27. The number of hydrogen-bond acceptors (Lipinski definition) is 3. The Hall–Kier alpha value is -3.47. The molecule has 0 spiro atoms. The van der Waals surface area contributed by atoms with Crippen LogP contribution in [0.5, 0.6) is 0 Å². The molecule has 32 heavy (non-hydrogen) atoms. The summed E-state index contributed by atoms with van der Waals surface area (Å²) >= 11 is 0. The van der Waals surface area contributed by atoms with Crippen molar-refractivity contribution in [2.24, 2.45) is 5.41 Å². The van der Waals surface area contributed by atoms with Crippen molar-refractivity contribution in [3.63, 3.8) is 0 Å². The van der Waals surface area contributed by atoms with E-state index in [1.807, 2.05) is 13.0 Å². The van der Waals surface area contributed by atoms with Crippen LogP contribution in [0.3, 0.4) is 0 Å². The first-order chi connectivity index (χ1) is 15.5. The highest BCUT2D eigenvalue weighted by atomic mass is 16.2. The molecule has 0 bridgehead atoms. The van der Waals surface area contributed by atoms with E-state index in [-0.39, 0.29) is 11.8 Å². The number of carbonyl (C=O) groups excluding carboxylic acids is 2. The van der Waals surface area contributed by atoms with Gasteiger partial charge in [0.25, 0.3) is 5.91 Å². The number of rotatable bonds is 6. The Morgan fingerprint density at radius 2 is 1.78 bits per heavy atom. The molecule has 4 rings (SSSR count). The SMILES string of the molecule is CCNC(=O)C1(Cc2cccc(-c3ccc(C)cc3)c2)CCN(C(=O)c2ccncc2)C1. The Balaban J connectivity index is 1.59. The van der Waals surface area contributed by atoms with E-state index in [9.17, 15) is 9.59 Å². The number of likely N-dealkylation sites (tertiary alicyclic amines) is 1. The van der Waals surface area contributed by atoms with Crippen LogP contribution in [0.4, 0.5) is 0 Å². The van der Waals surface area contributed by atoms with Crippen LogP contribution in [0.15, 0.2) is 73.1 Å². The minimum atomic E-state index is -0.634. The van der Waals surface area contributed by atoms with Gasteiger partial charge in [0.2, 0.25) is 5.91 Å². The van der Waals surface area contributed by atoms with Crippen molar-refractivity contribution in [1.82, 2.24) is 15.2 Å². The average Bonchev–Trinajstić information content (AvgIpc) is 3.25. The van der Waals surface area contributed by atoms with E-state index in [0.29, 0.717) is 38.0 Å². The Kier molecular flexibility index (Phi) is 6.35. The van der Waals surface area contributed by atoms with Crippen LogP contribution in [0.2, 0.25) is 0 Å². The summed E-state index contributed by atoms with van der Waals surface area (Å²) in [4.78, 5) is 32.0. The molecule has 2 amide bonds. The van der Waals surface area contributed by atoms with Crippen LogP contribution < -0.4 is 5.32 Å². The second-order valence-electron chi connectivity index (χ2n) is 8.60. The molecule has 5 nitrogen and oxygen atoms in total. The first kappa shape index (κ1) is 21.8. The summed E-state index contributed by atoms with van der Waals surface area (Å²) in [7, 11) is 0. The molecule has 0 saturated carbocycles. The van der Waals surface area contributed by atoms with Crippen LogP contribution in [0, 0.1) is 12.3 Å². The minimum Gasteiger partial charge on any atom is -0.356 e. The summed E-state index contributed by atoms with van der Waals surface area (Å²) in [5, 5.41) is 3.01. The van der Waals surface area contributed by atoms with E-state index < -0.39 is 5.41 Å². The normalized spacial score (nSPS) is 17.9. The second kappa shape index (κ2) is 9.35. The smallest absolute Gasteiger partial charge is 0.253 e. The standard InChI is InChI=1S/C27H29N3O2/c1-3-29-26(32)27(13-16-30(19-27)25(31)23-11-14-28-15-12-23)18-21-5-4-6-24(17-21)22-9-7-20(2)8-10-22/h4-12,14-15,17H,3,13,16,18-19H2,1-2H3,(H,29,32). The van der Waals surface area contributed by atoms with Crippen molar-refractivity contribution in [2.45, 2.75) is 26.7 Å². The highest BCUT2D eigenvalue weighted by molar-refractivity contribution is 5.95. The molecular formula is C27H29N3O2. The molecule has 1 saturated heterocycles. The third kappa shape index (κ3) is 4.57. The third-order valence-corrected chi connectivity index (χ3v) is 6.24. The quantitative estimate of drug-likeness (QED) is 0.639. The Morgan fingerprint density at radius 1 is 1.03 bits per heavy atom. The summed E-state index contributed by atoms with van der Waals surface area (Å²) in [6.07, 6.45) is 4.48. The van der Waals surface area contributed by atoms with Gasteiger partial charge in [-0.25, -0.2) is 0 Å². The first-order valence-corrected chi connectivity index (χ1v) is 11.1. The maximum atomic E-state index is 13.2. The van der Waals surface area contributed by atoms with Gasteiger partial charge in [0.05, 0.1) is 5.41 Å². The Bertz CT molecular complexity index is 1100. The molecule has 1 unspecified atom stereocenters. The number of nitrogens with one attached hydrogen (secondary N) is 1. The van der Waals surface area contributed by atoms with Gasteiger partial charge in [0.1, 0.15) is 0 Å². The lowest BCUT2D eigenvalue weighted by Gasteiger charge is -2.28. The molecule has 1 fully saturated rings. The number of hydrogen-bond donors (Lipinski definition) is 1. The van der Waals surface area contributed by atoms with Crippen molar-refractivity contribution in [2.75, 3.05) is 19.6 Å². The molecule has 1 atom stereocenters. The minimum absolute atomic E-state index is 0.0192. The van der Waals surface area contributed by atoms with Gasteiger partial charge in [-0.3, -0.25) is 14.6 Å². The molecule has 0 radical (unpaired) electrons. The zero-order valence-electron chi connectivity index (χ0n) is 18.7. The monoisotopic (exact) mass is 427 g/mol. The molecule has 5 heteroatoms. The number of aromatic nitrogens is 1. The molecule has 2 aromatic carbocycles. The molecular weight excluding hydrogens is 398 g/mol. The van der Waals surface area contributed by atoms with E-state index in [2.05, 4.69) is 59.7 Å². The fraction of sp³-hybridized carbons (Fsp3) is 0.296. The van der Waals surface area contributed by atoms with Crippen molar-refractivity contribution in [3.05, 3.63) is 89.7 Å². The Labute approximate surface area is 189 Å². The zero-order valence-corrected chi connectivity index (χ0v) is 18.7. The van der Waals surface area contributed by atoms with E-state index in [1.165, 1.54) is 5.56 Å². The molecule has 0 aliphatic carbocycles. The summed E-state index contributed by atoms with van der Waals surface area (Å²) < 4.78 is 0. The van der Waals surface area contributed by atoms with Gasteiger partial charge < -0.3 is 10.2 Å². The van der Waals surface area contributed by atoms with E-state index in [4.69, 9.17) is 0 Å². The van der Waals surface area contributed by atoms with E-state index in [1.54, 1.807) is 29.4 Å². The molecule has 1 aromatic heterocycles. The molecule has 1 aliphatic rings. The van der Waals surface area contributed by atoms with Gasteiger partial charge in [-0.1, -0.05) is 54.1 Å². The Morgan fingerprint density at radius 3 is 2.50 bits per heavy atom. The topological polar surface area (TPSA) is 62.3 Å².